The number of amides is 2. The summed E-state index contributed by atoms with van der Waals surface area (Å²) in [6.45, 7) is 0.509. The molecule has 0 aliphatic rings. The zero-order valence-electron chi connectivity index (χ0n) is 20.4. The predicted octanol–water partition coefficient (Wildman–Crippen LogP) is 5.71. The second kappa shape index (κ2) is 12.5. The minimum Gasteiger partial charge on any atom is -0.493 e. The van der Waals surface area contributed by atoms with Gasteiger partial charge in [0.15, 0.2) is 5.11 Å². The summed E-state index contributed by atoms with van der Waals surface area (Å²) in [6, 6.07) is 33.4. The average Bonchev–Trinajstić information content (AvgIpc) is 2.94. The Kier molecular flexibility index (Phi) is 8.62. The number of carbonyl (C=O) groups excluding carboxylic acids is 2. The van der Waals surface area contributed by atoms with Gasteiger partial charge in [0.1, 0.15) is 5.75 Å². The second-order valence-electron chi connectivity index (χ2n) is 8.30. The van der Waals surface area contributed by atoms with Gasteiger partial charge in [-0.1, -0.05) is 54.6 Å². The summed E-state index contributed by atoms with van der Waals surface area (Å²) in [5, 5.41) is 5.82. The summed E-state index contributed by atoms with van der Waals surface area (Å²) in [4.78, 5) is 27.1. The van der Waals surface area contributed by atoms with Crippen LogP contribution in [0.4, 0.5) is 11.4 Å². The van der Waals surface area contributed by atoms with Crippen LogP contribution in [0.1, 0.15) is 26.3 Å². The summed E-state index contributed by atoms with van der Waals surface area (Å²) in [6.07, 6.45) is 0.776. The molecule has 0 saturated carbocycles. The number of para-hydroxylation sites is 1. The molecular weight excluding hydrogens is 482 g/mol. The molecule has 4 aromatic rings. The first-order valence-electron chi connectivity index (χ1n) is 11.8. The standard InChI is InChI=1S/C30H27N3O3S/c1-33(26-12-6-3-7-13-26)29(35)23-15-17-25(18-16-23)31-30(37)32-28(34)24-11-8-14-27(21-24)36-20-19-22-9-4-2-5-10-22/h2-18,21H,19-20H2,1H3,(H2,31,32,34,37). The first kappa shape index (κ1) is 25.6. The smallest absolute Gasteiger partial charge is 0.258 e. The second-order valence-corrected chi connectivity index (χ2v) is 8.71. The molecule has 6 nitrogen and oxygen atoms in total. The van der Waals surface area contributed by atoms with Crippen molar-refractivity contribution in [2.24, 2.45) is 0 Å². The molecule has 0 bridgehead atoms. The first-order chi connectivity index (χ1) is 18.0. The molecule has 0 unspecified atom stereocenters. The van der Waals surface area contributed by atoms with Crippen LogP contribution in [0.5, 0.6) is 5.75 Å². The molecular formula is C30H27N3O3S. The minimum atomic E-state index is -0.345. The number of benzene rings is 4. The predicted molar refractivity (Wildman–Crippen MR) is 151 cm³/mol. The van der Waals surface area contributed by atoms with Crippen LogP contribution in [0.15, 0.2) is 109 Å². The van der Waals surface area contributed by atoms with E-state index >= 15 is 0 Å². The van der Waals surface area contributed by atoms with Crippen molar-refractivity contribution in [3.05, 3.63) is 126 Å². The van der Waals surface area contributed by atoms with Crippen molar-refractivity contribution in [2.75, 3.05) is 23.9 Å². The van der Waals surface area contributed by atoms with Crippen molar-refractivity contribution in [3.8, 4) is 5.75 Å². The summed E-state index contributed by atoms with van der Waals surface area (Å²) in [5.74, 6) is 0.143. The molecule has 7 heteroatoms. The number of anilines is 2. The lowest BCUT2D eigenvalue weighted by molar-refractivity contribution is 0.0974. The third-order valence-corrected chi connectivity index (χ3v) is 5.87. The van der Waals surface area contributed by atoms with Gasteiger partial charge in [0.2, 0.25) is 0 Å². The van der Waals surface area contributed by atoms with E-state index < -0.39 is 0 Å². The Hall–Kier alpha value is -4.49. The van der Waals surface area contributed by atoms with E-state index in [1.807, 2.05) is 54.6 Å². The zero-order valence-corrected chi connectivity index (χ0v) is 21.2. The van der Waals surface area contributed by atoms with Gasteiger partial charge in [-0.25, -0.2) is 0 Å². The van der Waals surface area contributed by atoms with Crippen LogP contribution in [0.2, 0.25) is 0 Å². The van der Waals surface area contributed by atoms with Crippen molar-refractivity contribution < 1.29 is 14.3 Å². The van der Waals surface area contributed by atoms with Crippen molar-refractivity contribution in [2.45, 2.75) is 6.42 Å². The van der Waals surface area contributed by atoms with Gasteiger partial charge in [0, 0.05) is 36.0 Å². The summed E-state index contributed by atoms with van der Waals surface area (Å²) >= 11 is 5.31. The fourth-order valence-electron chi connectivity index (χ4n) is 3.65. The normalized spacial score (nSPS) is 10.3. The fraction of sp³-hybridized carbons (Fsp3) is 0.100. The Labute approximate surface area is 221 Å². The van der Waals surface area contributed by atoms with Gasteiger partial charge in [-0.05, 0) is 72.4 Å². The average molecular weight is 510 g/mol. The Bertz CT molecular complexity index is 1360. The molecule has 0 radical (unpaired) electrons. The highest BCUT2D eigenvalue weighted by atomic mass is 32.1. The number of nitrogens with zero attached hydrogens (tertiary/aromatic N) is 1. The number of nitrogens with one attached hydrogen (secondary N) is 2. The SMILES string of the molecule is CN(C(=O)c1ccc(NC(=S)NC(=O)c2cccc(OCCc3ccccc3)c2)cc1)c1ccccc1. The van der Waals surface area contributed by atoms with Crippen LogP contribution in [0, 0.1) is 0 Å². The van der Waals surface area contributed by atoms with Crippen LogP contribution in [-0.4, -0.2) is 30.6 Å². The van der Waals surface area contributed by atoms with Crippen molar-refractivity contribution in [1.82, 2.24) is 5.32 Å². The van der Waals surface area contributed by atoms with Gasteiger partial charge >= 0.3 is 0 Å². The molecule has 37 heavy (non-hydrogen) atoms. The van der Waals surface area contributed by atoms with E-state index in [1.165, 1.54) is 5.56 Å². The minimum absolute atomic E-state index is 0.125. The molecule has 0 saturated heterocycles. The molecule has 2 N–H and O–H groups in total. The van der Waals surface area contributed by atoms with E-state index in [1.54, 1.807) is 54.4 Å². The number of ether oxygens (including phenoxy) is 1. The topological polar surface area (TPSA) is 70.7 Å². The molecule has 0 atom stereocenters. The quantitative estimate of drug-likeness (QED) is 0.298. The highest BCUT2D eigenvalue weighted by Gasteiger charge is 2.14. The van der Waals surface area contributed by atoms with Gasteiger partial charge in [0.05, 0.1) is 6.61 Å². The van der Waals surface area contributed by atoms with Gasteiger partial charge in [-0.15, -0.1) is 0 Å². The lowest BCUT2D eigenvalue weighted by atomic mass is 10.1. The van der Waals surface area contributed by atoms with Crippen molar-refractivity contribution >= 4 is 40.5 Å². The van der Waals surface area contributed by atoms with Gasteiger partial charge in [-0.2, -0.15) is 0 Å². The molecule has 0 heterocycles. The van der Waals surface area contributed by atoms with E-state index in [9.17, 15) is 9.59 Å². The monoisotopic (exact) mass is 509 g/mol. The van der Waals surface area contributed by atoms with Crippen LogP contribution in [0.25, 0.3) is 0 Å². The van der Waals surface area contributed by atoms with Crippen LogP contribution >= 0.6 is 12.2 Å². The lowest BCUT2D eigenvalue weighted by Gasteiger charge is -2.17. The van der Waals surface area contributed by atoms with Crippen molar-refractivity contribution in [1.29, 1.82) is 0 Å². The Morgan fingerprint density at radius 3 is 2.19 bits per heavy atom. The Morgan fingerprint density at radius 1 is 0.811 bits per heavy atom. The van der Waals surface area contributed by atoms with Crippen LogP contribution in [-0.2, 0) is 6.42 Å². The van der Waals surface area contributed by atoms with Gasteiger partial charge in [-0.3, -0.25) is 14.9 Å². The number of rotatable bonds is 8. The Morgan fingerprint density at radius 2 is 1.49 bits per heavy atom. The molecule has 2 amide bonds. The van der Waals surface area contributed by atoms with E-state index in [0.29, 0.717) is 29.2 Å². The van der Waals surface area contributed by atoms with Crippen LogP contribution < -0.4 is 20.3 Å². The fourth-order valence-corrected chi connectivity index (χ4v) is 3.87. The maximum atomic E-state index is 12.8. The summed E-state index contributed by atoms with van der Waals surface area (Å²) in [7, 11) is 1.73. The van der Waals surface area contributed by atoms with Crippen LogP contribution in [0.3, 0.4) is 0 Å². The third-order valence-electron chi connectivity index (χ3n) is 5.66. The summed E-state index contributed by atoms with van der Waals surface area (Å²) in [5.41, 5.74) is 3.63. The molecule has 0 spiro atoms. The van der Waals surface area contributed by atoms with E-state index in [4.69, 9.17) is 17.0 Å². The highest BCUT2D eigenvalue weighted by molar-refractivity contribution is 7.80. The van der Waals surface area contributed by atoms with E-state index in [0.717, 1.165) is 12.1 Å². The van der Waals surface area contributed by atoms with E-state index in [2.05, 4.69) is 22.8 Å². The van der Waals surface area contributed by atoms with Gasteiger partial charge < -0.3 is 15.0 Å². The molecule has 0 aliphatic carbocycles. The molecule has 4 rings (SSSR count). The number of hydrogen-bond acceptors (Lipinski definition) is 4. The summed E-state index contributed by atoms with van der Waals surface area (Å²) < 4.78 is 5.82. The van der Waals surface area contributed by atoms with E-state index in [-0.39, 0.29) is 16.9 Å². The van der Waals surface area contributed by atoms with Crippen molar-refractivity contribution in [3.63, 3.8) is 0 Å². The molecule has 0 aromatic heterocycles. The number of hydrogen-bond donors (Lipinski definition) is 2. The number of carbonyl (C=O) groups is 2. The maximum Gasteiger partial charge on any atom is 0.258 e. The lowest BCUT2D eigenvalue weighted by Crippen LogP contribution is -2.34. The molecule has 186 valence electrons. The zero-order chi connectivity index (χ0) is 26.0. The Balaban J connectivity index is 1.28. The van der Waals surface area contributed by atoms with Gasteiger partial charge in [0.25, 0.3) is 11.8 Å². The largest absolute Gasteiger partial charge is 0.493 e. The number of thiocarbonyl (C=S) groups is 1. The third kappa shape index (κ3) is 7.25. The molecule has 4 aromatic carbocycles. The molecule has 0 aliphatic heterocycles. The maximum absolute atomic E-state index is 12.8. The highest BCUT2D eigenvalue weighted by Crippen LogP contribution is 2.17. The molecule has 0 fully saturated rings. The first-order valence-corrected chi connectivity index (χ1v) is 12.2.